The fourth-order valence-corrected chi connectivity index (χ4v) is 4.37. The quantitative estimate of drug-likeness (QED) is 0.530. The SMILES string of the molecule is CC1=CC[C@@H](O)[C@]2(C)CC[C@@H]3[C@H](OC(=O)[C@H]3C)[C@@H]12. The molecule has 0 unspecified atom stereocenters. The van der Waals surface area contributed by atoms with E-state index in [1.165, 1.54) is 5.57 Å². The molecule has 6 atom stereocenters. The summed E-state index contributed by atoms with van der Waals surface area (Å²) < 4.78 is 5.64. The van der Waals surface area contributed by atoms with Gasteiger partial charge in [-0.2, -0.15) is 0 Å². The van der Waals surface area contributed by atoms with Gasteiger partial charge < -0.3 is 9.84 Å². The maximum atomic E-state index is 11.8. The van der Waals surface area contributed by atoms with Gasteiger partial charge >= 0.3 is 5.97 Å². The van der Waals surface area contributed by atoms with Crippen molar-refractivity contribution in [2.75, 3.05) is 0 Å². The third-order valence-electron chi connectivity index (χ3n) is 5.66. The molecule has 1 saturated carbocycles. The van der Waals surface area contributed by atoms with Crippen LogP contribution in [0.15, 0.2) is 11.6 Å². The molecule has 3 nitrogen and oxygen atoms in total. The van der Waals surface area contributed by atoms with Crippen LogP contribution in [0.2, 0.25) is 0 Å². The van der Waals surface area contributed by atoms with Crippen LogP contribution in [0.1, 0.15) is 40.0 Å². The summed E-state index contributed by atoms with van der Waals surface area (Å²) in [4.78, 5) is 11.8. The lowest BCUT2D eigenvalue weighted by Gasteiger charge is -2.51. The first-order valence-electron chi connectivity index (χ1n) is 7.00. The highest BCUT2D eigenvalue weighted by molar-refractivity contribution is 5.75. The van der Waals surface area contributed by atoms with E-state index in [0.29, 0.717) is 5.92 Å². The van der Waals surface area contributed by atoms with Crippen molar-refractivity contribution in [1.82, 2.24) is 0 Å². The first-order chi connectivity index (χ1) is 8.45. The first-order valence-corrected chi connectivity index (χ1v) is 7.00. The number of carbonyl (C=O) groups is 1. The molecular formula is C15H22O3. The molecule has 1 heterocycles. The molecule has 0 aromatic rings. The van der Waals surface area contributed by atoms with Gasteiger partial charge in [0.05, 0.1) is 12.0 Å². The van der Waals surface area contributed by atoms with Gasteiger partial charge in [0, 0.05) is 17.3 Å². The van der Waals surface area contributed by atoms with Crippen molar-refractivity contribution in [2.45, 2.75) is 52.2 Å². The van der Waals surface area contributed by atoms with E-state index in [-0.39, 0.29) is 35.4 Å². The lowest BCUT2D eigenvalue weighted by atomic mass is 9.55. The minimum atomic E-state index is -0.304. The molecule has 3 rings (SSSR count). The largest absolute Gasteiger partial charge is 0.461 e. The molecule has 2 aliphatic carbocycles. The molecule has 1 aliphatic heterocycles. The highest BCUT2D eigenvalue weighted by Crippen LogP contribution is 2.56. The van der Waals surface area contributed by atoms with Crippen molar-refractivity contribution in [3.63, 3.8) is 0 Å². The molecule has 0 aromatic carbocycles. The average molecular weight is 250 g/mol. The number of fused-ring (bicyclic) bond motifs is 3. The van der Waals surface area contributed by atoms with Gasteiger partial charge in [-0.25, -0.2) is 0 Å². The van der Waals surface area contributed by atoms with Crippen LogP contribution in [0, 0.1) is 23.2 Å². The van der Waals surface area contributed by atoms with Crippen LogP contribution < -0.4 is 0 Å². The van der Waals surface area contributed by atoms with E-state index in [2.05, 4.69) is 19.9 Å². The van der Waals surface area contributed by atoms with E-state index in [4.69, 9.17) is 4.74 Å². The van der Waals surface area contributed by atoms with Gasteiger partial charge in [-0.1, -0.05) is 25.5 Å². The lowest BCUT2D eigenvalue weighted by molar-refractivity contribution is -0.151. The number of esters is 1. The molecule has 3 heteroatoms. The van der Waals surface area contributed by atoms with E-state index in [0.717, 1.165) is 19.3 Å². The topological polar surface area (TPSA) is 46.5 Å². The smallest absolute Gasteiger partial charge is 0.309 e. The van der Waals surface area contributed by atoms with Crippen LogP contribution >= 0.6 is 0 Å². The van der Waals surface area contributed by atoms with E-state index in [1.807, 2.05) is 6.92 Å². The minimum absolute atomic E-state index is 0.0163. The normalized spacial score (nSPS) is 51.2. The molecule has 1 saturated heterocycles. The Morgan fingerprint density at radius 1 is 1.50 bits per heavy atom. The number of ether oxygens (including phenoxy) is 1. The Morgan fingerprint density at radius 2 is 2.22 bits per heavy atom. The highest BCUT2D eigenvalue weighted by Gasteiger charge is 2.58. The van der Waals surface area contributed by atoms with Crippen molar-refractivity contribution >= 4 is 5.97 Å². The molecule has 1 N–H and O–H groups in total. The molecule has 2 fully saturated rings. The number of carbonyl (C=O) groups excluding carboxylic acids is 1. The fourth-order valence-electron chi connectivity index (χ4n) is 4.37. The summed E-state index contributed by atoms with van der Waals surface area (Å²) in [7, 11) is 0. The van der Waals surface area contributed by atoms with Crippen LogP contribution in [-0.2, 0) is 9.53 Å². The minimum Gasteiger partial charge on any atom is -0.461 e. The molecule has 0 spiro atoms. The van der Waals surface area contributed by atoms with Gasteiger partial charge in [-0.3, -0.25) is 4.79 Å². The van der Waals surface area contributed by atoms with Crippen LogP contribution in [0.5, 0.6) is 0 Å². The second-order valence-corrected chi connectivity index (χ2v) is 6.58. The van der Waals surface area contributed by atoms with Crippen molar-refractivity contribution < 1.29 is 14.6 Å². The number of hydrogen-bond donors (Lipinski definition) is 1. The monoisotopic (exact) mass is 250 g/mol. The van der Waals surface area contributed by atoms with Gasteiger partial charge in [-0.15, -0.1) is 0 Å². The van der Waals surface area contributed by atoms with E-state index in [9.17, 15) is 9.90 Å². The van der Waals surface area contributed by atoms with Crippen molar-refractivity contribution in [2.24, 2.45) is 23.2 Å². The Bertz CT molecular complexity index is 414. The van der Waals surface area contributed by atoms with E-state index in [1.54, 1.807) is 0 Å². The first kappa shape index (κ1) is 12.2. The van der Waals surface area contributed by atoms with E-state index >= 15 is 0 Å². The third-order valence-corrected chi connectivity index (χ3v) is 5.66. The number of aliphatic hydroxyl groups is 1. The van der Waals surface area contributed by atoms with Crippen molar-refractivity contribution in [1.29, 1.82) is 0 Å². The van der Waals surface area contributed by atoms with Crippen LogP contribution in [0.4, 0.5) is 0 Å². The predicted octanol–water partition coefficient (Wildman–Crippen LogP) is 2.29. The third kappa shape index (κ3) is 1.43. The van der Waals surface area contributed by atoms with E-state index < -0.39 is 0 Å². The number of aliphatic hydroxyl groups excluding tert-OH is 1. The molecule has 0 bridgehead atoms. The second kappa shape index (κ2) is 3.83. The summed E-state index contributed by atoms with van der Waals surface area (Å²) in [6.07, 6.45) is 4.52. The standard InChI is InChI=1S/C15H22O3/c1-8-4-5-11(16)15(3)7-6-10-9(2)14(17)18-13(10)12(8)15/h4,9-13,16H,5-7H2,1-3H3/t9-,10-,11+,12+,13-,15-/m0/s1. The molecule has 0 amide bonds. The zero-order valence-electron chi connectivity index (χ0n) is 11.3. The molecule has 100 valence electrons. The predicted molar refractivity (Wildman–Crippen MR) is 67.7 cm³/mol. The molecule has 0 aromatic heterocycles. The maximum Gasteiger partial charge on any atom is 0.309 e. The Hall–Kier alpha value is -0.830. The van der Waals surface area contributed by atoms with Crippen molar-refractivity contribution in [3.05, 3.63) is 11.6 Å². The summed E-state index contributed by atoms with van der Waals surface area (Å²) in [6.45, 7) is 6.26. The Labute approximate surface area is 108 Å². The van der Waals surface area contributed by atoms with Gasteiger partial charge in [-0.05, 0) is 26.2 Å². The second-order valence-electron chi connectivity index (χ2n) is 6.58. The summed E-state index contributed by atoms with van der Waals surface area (Å²) in [5.74, 6) is 0.506. The Morgan fingerprint density at radius 3 is 2.94 bits per heavy atom. The summed E-state index contributed by atoms with van der Waals surface area (Å²) >= 11 is 0. The van der Waals surface area contributed by atoms with Crippen LogP contribution in [0.25, 0.3) is 0 Å². The highest BCUT2D eigenvalue weighted by atomic mass is 16.6. The maximum absolute atomic E-state index is 11.8. The Kier molecular flexibility index (Phi) is 2.60. The van der Waals surface area contributed by atoms with Crippen LogP contribution in [-0.4, -0.2) is 23.3 Å². The molecule has 3 aliphatic rings. The lowest BCUT2D eigenvalue weighted by Crippen LogP contribution is -2.52. The summed E-state index contributed by atoms with van der Waals surface area (Å²) in [6, 6.07) is 0. The van der Waals surface area contributed by atoms with Crippen LogP contribution in [0.3, 0.4) is 0 Å². The Balaban J connectivity index is 2.00. The van der Waals surface area contributed by atoms with Gasteiger partial charge in [0.15, 0.2) is 0 Å². The molecule has 0 radical (unpaired) electrons. The fraction of sp³-hybridized carbons (Fsp3) is 0.800. The van der Waals surface area contributed by atoms with Gasteiger partial charge in [0.1, 0.15) is 6.10 Å². The zero-order valence-corrected chi connectivity index (χ0v) is 11.3. The molecule has 18 heavy (non-hydrogen) atoms. The average Bonchev–Trinajstić information content (AvgIpc) is 2.60. The van der Waals surface area contributed by atoms with Gasteiger partial charge in [0.2, 0.25) is 0 Å². The molecular weight excluding hydrogens is 228 g/mol. The number of hydrogen-bond acceptors (Lipinski definition) is 3. The number of rotatable bonds is 0. The zero-order chi connectivity index (χ0) is 13.1. The van der Waals surface area contributed by atoms with Crippen molar-refractivity contribution in [3.8, 4) is 0 Å². The van der Waals surface area contributed by atoms with Gasteiger partial charge in [0.25, 0.3) is 0 Å². The summed E-state index contributed by atoms with van der Waals surface area (Å²) in [5.41, 5.74) is 1.17. The summed E-state index contributed by atoms with van der Waals surface area (Å²) in [5, 5.41) is 10.3.